The molecule has 0 bridgehead atoms. The van der Waals surface area contributed by atoms with Gasteiger partial charge in [0.2, 0.25) is 5.91 Å². The summed E-state index contributed by atoms with van der Waals surface area (Å²) >= 11 is 0. The number of nitrogens with zero attached hydrogens (tertiary/aromatic N) is 1. The van der Waals surface area contributed by atoms with E-state index in [9.17, 15) is 4.79 Å². The van der Waals surface area contributed by atoms with Crippen LogP contribution in [0.15, 0.2) is 30.3 Å². The van der Waals surface area contributed by atoms with Crippen molar-refractivity contribution < 1.29 is 4.79 Å². The summed E-state index contributed by atoms with van der Waals surface area (Å²) in [7, 11) is 0. The lowest BCUT2D eigenvalue weighted by Gasteiger charge is -2.23. The molecule has 1 aromatic carbocycles. The molecule has 1 aliphatic rings. The number of rotatable bonds is 5. The molecule has 3 heteroatoms. The van der Waals surface area contributed by atoms with E-state index in [1.54, 1.807) is 0 Å². The summed E-state index contributed by atoms with van der Waals surface area (Å²) < 4.78 is 0. The highest BCUT2D eigenvalue weighted by Gasteiger charge is 2.24. The first-order valence-corrected chi connectivity index (χ1v) is 7.29. The first-order valence-electron chi connectivity index (χ1n) is 7.29. The second kappa shape index (κ2) is 6.71. The molecule has 3 nitrogen and oxygen atoms in total. The molecule has 0 spiro atoms. The lowest BCUT2D eigenvalue weighted by atomic mass is 10.0. The molecule has 1 heterocycles. The van der Waals surface area contributed by atoms with Crippen LogP contribution in [0.25, 0.3) is 0 Å². The van der Waals surface area contributed by atoms with Gasteiger partial charge in [0.05, 0.1) is 5.92 Å². The van der Waals surface area contributed by atoms with Crippen LogP contribution in [-0.2, 0) is 4.79 Å². The zero-order chi connectivity index (χ0) is 13.7. The predicted octanol–water partition coefficient (Wildman–Crippen LogP) is 2.39. The van der Waals surface area contributed by atoms with Crippen molar-refractivity contribution in [3.05, 3.63) is 35.9 Å². The van der Waals surface area contributed by atoms with Crippen molar-refractivity contribution in [3.8, 4) is 0 Å². The van der Waals surface area contributed by atoms with Crippen molar-refractivity contribution in [3.63, 3.8) is 0 Å². The fourth-order valence-corrected chi connectivity index (χ4v) is 2.81. The van der Waals surface area contributed by atoms with E-state index in [-0.39, 0.29) is 11.8 Å². The van der Waals surface area contributed by atoms with Crippen molar-refractivity contribution in [2.45, 2.75) is 38.6 Å². The Bertz CT molecular complexity index is 404. The van der Waals surface area contributed by atoms with Crippen LogP contribution in [0.2, 0.25) is 0 Å². The molecule has 2 rings (SSSR count). The van der Waals surface area contributed by atoms with Crippen LogP contribution in [0.3, 0.4) is 0 Å². The average molecular weight is 260 g/mol. The Kier molecular flexibility index (Phi) is 4.97. The van der Waals surface area contributed by atoms with Crippen LogP contribution in [0.4, 0.5) is 0 Å². The van der Waals surface area contributed by atoms with Gasteiger partial charge in [-0.2, -0.15) is 0 Å². The molecule has 1 amide bonds. The second-order valence-corrected chi connectivity index (χ2v) is 5.30. The largest absolute Gasteiger partial charge is 0.354 e. The first-order chi connectivity index (χ1) is 9.22. The third-order valence-corrected chi connectivity index (χ3v) is 4.11. The van der Waals surface area contributed by atoms with Gasteiger partial charge in [0.25, 0.3) is 0 Å². The maximum atomic E-state index is 12.2. The molecule has 0 aliphatic carbocycles. The molecular weight excluding hydrogens is 236 g/mol. The highest BCUT2D eigenvalue weighted by atomic mass is 16.1. The Labute approximate surface area is 116 Å². The van der Waals surface area contributed by atoms with E-state index >= 15 is 0 Å². The van der Waals surface area contributed by atoms with Gasteiger partial charge in [-0.3, -0.25) is 9.69 Å². The van der Waals surface area contributed by atoms with Gasteiger partial charge in [-0.05, 0) is 38.4 Å². The summed E-state index contributed by atoms with van der Waals surface area (Å²) in [5.74, 6) is 0.0619. The minimum absolute atomic E-state index is 0.0716. The maximum absolute atomic E-state index is 12.2. The van der Waals surface area contributed by atoms with Gasteiger partial charge in [0.1, 0.15) is 0 Å². The summed E-state index contributed by atoms with van der Waals surface area (Å²) in [6.45, 7) is 7.19. The Hall–Kier alpha value is -1.35. The van der Waals surface area contributed by atoms with Gasteiger partial charge in [-0.25, -0.2) is 0 Å². The molecule has 1 aliphatic heterocycles. The molecule has 1 N–H and O–H groups in total. The van der Waals surface area contributed by atoms with Crippen molar-refractivity contribution in [1.29, 1.82) is 0 Å². The third-order valence-electron chi connectivity index (χ3n) is 4.11. The van der Waals surface area contributed by atoms with E-state index < -0.39 is 0 Å². The van der Waals surface area contributed by atoms with Crippen LogP contribution >= 0.6 is 0 Å². The number of carbonyl (C=O) groups excluding carboxylic acids is 1. The number of carbonyl (C=O) groups is 1. The molecule has 1 saturated heterocycles. The molecular formula is C16H24N2O. The molecule has 19 heavy (non-hydrogen) atoms. The smallest absolute Gasteiger partial charge is 0.227 e. The summed E-state index contributed by atoms with van der Waals surface area (Å²) in [4.78, 5) is 14.6. The summed E-state index contributed by atoms with van der Waals surface area (Å²) in [5.41, 5.74) is 1.08. The van der Waals surface area contributed by atoms with Gasteiger partial charge < -0.3 is 5.32 Å². The summed E-state index contributed by atoms with van der Waals surface area (Å²) in [5, 5.41) is 3.11. The summed E-state index contributed by atoms with van der Waals surface area (Å²) in [6.07, 6.45) is 2.45. The molecule has 0 aromatic heterocycles. The van der Waals surface area contributed by atoms with E-state index in [4.69, 9.17) is 0 Å². The van der Waals surface area contributed by atoms with E-state index in [0.29, 0.717) is 6.04 Å². The fourth-order valence-electron chi connectivity index (χ4n) is 2.81. The first kappa shape index (κ1) is 14.1. The van der Waals surface area contributed by atoms with Gasteiger partial charge in [0.15, 0.2) is 0 Å². The van der Waals surface area contributed by atoms with E-state index in [1.807, 2.05) is 37.3 Å². The van der Waals surface area contributed by atoms with Crippen LogP contribution in [-0.4, -0.2) is 36.5 Å². The van der Waals surface area contributed by atoms with Crippen LogP contribution in [0.1, 0.15) is 38.2 Å². The van der Waals surface area contributed by atoms with Gasteiger partial charge >= 0.3 is 0 Å². The van der Waals surface area contributed by atoms with E-state index in [0.717, 1.165) is 18.7 Å². The fraction of sp³-hybridized carbons (Fsp3) is 0.562. The average Bonchev–Trinajstić information content (AvgIpc) is 2.92. The van der Waals surface area contributed by atoms with Crippen molar-refractivity contribution in [2.75, 3.05) is 19.6 Å². The van der Waals surface area contributed by atoms with Gasteiger partial charge in [-0.15, -0.1) is 0 Å². The number of amides is 1. The Morgan fingerprint density at radius 1 is 1.42 bits per heavy atom. The Morgan fingerprint density at radius 3 is 2.84 bits per heavy atom. The number of likely N-dealkylation sites (tertiary alicyclic amines) is 1. The van der Waals surface area contributed by atoms with Crippen molar-refractivity contribution >= 4 is 5.91 Å². The lowest BCUT2D eigenvalue weighted by molar-refractivity contribution is -0.122. The number of hydrogen-bond donors (Lipinski definition) is 1. The Balaban J connectivity index is 1.84. The molecule has 2 atom stereocenters. The SMILES string of the molecule is CCN1CCCC1CNC(=O)C(C)c1ccccc1. The zero-order valence-electron chi connectivity index (χ0n) is 11.9. The summed E-state index contributed by atoms with van der Waals surface area (Å²) in [6, 6.07) is 10.5. The van der Waals surface area contributed by atoms with E-state index in [2.05, 4.69) is 17.1 Å². The molecule has 104 valence electrons. The topological polar surface area (TPSA) is 32.3 Å². The standard InChI is InChI=1S/C16H24N2O/c1-3-18-11-7-10-15(18)12-17-16(19)13(2)14-8-5-4-6-9-14/h4-6,8-9,13,15H,3,7,10-12H2,1-2H3,(H,17,19). The monoisotopic (exact) mass is 260 g/mol. The van der Waals surface area contributed by atoms with Gasteiger partial charge in [0, 0.05) is 12.6 Å². The van der Waals surface area contributed by atoms with Crippen molar-refractivity contribution in [1.82, 2.24) is 10.2 Å². The maximum Gasteiger partial charge on any atom is 0.227 e. The van der Waals surface area contributed by atoms with E-state index in [1.165, 1.54) is 19.4 Å². The van der Waals surface area contributed by atoms with Crippen LogP contribution < -0.4 is 5.32 Å². The normalized spacial score (nSPS) is 21.3. The van der Waals surface area contributed by atoms with Crippen molar-refractivity contribution in [2.24, 2.45) is 0 Å². The highest BCUT2D eigenvalue weighted by molar-refractivity contribution is 5.83. The zero-order valence-corrected chi connectivity index (χ0v) is 11.9. The highest BCUT2D eigenvalue weighted by Crippen LogP contribution is 2.17. The minimum atomic E-state index is -0.0716. The molecule has 1 fully saturated rings. The van der Waals surface area contributed by atoms with Crippen LogP contribution in [0.5, 0.6) is 0 Å². The predicted molar refractivity (Wildman–Crippen MR) is 78.1 cm³/mol. The molecule has 2 unspecified atom stereocenters. The quantitative estimate of drug-likeness (QED) is 0.881. The third kappa shape index (κ3) is 3.57. The minimum Gasteiger partial charge on any atom is -0.354 e. The lowest BCUT2D eigenvalue weighted by Crippen LogP contribution is -2.41. The van der Waals surface area contributed by atoms with Crippen LogP contribution in [0, 0.1) is 0 Å². The second-order valence-electron chi connectivity index (χ2n) is 5.30. The Morgan fingerprint density at radius 2 is 2.16 bits per heavy atom. The molecule has 0 saturated carbocycles. The number of hydrogen-bond acceptors (Lipinski definition) is 2. The van der Waals surface area contributed by atoms with Gasteiger partial charge in [-0.1, -0.05) is 37.3 Å². The number of nitrogens with one attached hydrogen (secondary N) is 1. The number of benzene rings is 1. The number of likely N-dealkylation sites (N-methyl/N-ethyl adjacent to an activating group) is 1. The molecule has 0 radical (unpaired) electrons. The molecule has 1 aromatic rings.